The van der Waals surface area contributed by atoms with Gasteiger partial charge in [0.15, 0.2) is 0 Å². The number of nitrogens with one attached hydrogen (secondary N) is 1. The maximum absolute atomic E-state index is 11.5. The SMILES string of the molecule is NC(=O)C1CC(=O)N(CCc2ncc[nH]2)C1. The van der Waals surface area contributed by atoms with Crippen molar-refractivity contribution in [2.24, 2.45) is 11.7 Å². The number of likely N-dealkylation sites (tertiary alicyclic amines) is 1. The number of imidazole rings is 1. The van der Waals surface area contributed by atoms with Crippen molar-refractivity contribution >= 4 is 11.8 Å². The van der Waals surface area contributed by atoms with Gasteiger partial charge >= 0.3 is 0 Å². The van der Waals surface area contributed by atoms with Crippen LogP contribution in [0.1, 0.15) is 12.2 Å². The number of carbonyl (C=O) groups excluding carboxylic acids is 2. The Morgan fingerprint density at radius 3 is 3.06 bits per heavy atom. The number of amides is 2. The first kappa shape index (κ1) is 10.7. The van der Waals surface area contributed by atoms with Crippen molar-refractivity contribution < 1.29 is 9.59 Å². The van der Waals surface area contributed by atoms with Crippen molar-refractivity contribution in [2.45, 2.75) is 12.8 Å². The van der Waals surface area contributed by atoms with Gasteiger partial charge in [0, 0.05) is 38.3 Å². The van der Waals surface area contributed by atoms with E-state index in [-0.39, 0.29) is 18.2 Å². The average molecular weight is 222 g/mol. The molecule has 1 aromatic rings. The number of aromatic nitrogens is 2. The van der Waals surface area contributed by atoms with Crippen molar-refractivity contribution in [3.8, 4) is 0 Å². The molecule has 1 aromatic heterocycles. The van der Waals surface area contributed by atoms with Crippen LogP contribution < -0.4 is 5.73 Å². The molecule has 0 radical (unpaired) electrons. The van der Waals surface area contributed by atoms with E-state index in [1.807, 2.05) is 0 Å². The van der Waals surface area contributed by atoms with Crippen LogP contribution in [-0.2, 0) is 16.0 Å². The Bertz CT molecular complexity index is 388. The fraction of sp³-hybridized carbons (Fsp3) is 0.500. The highest BCUT2D eigenvalue weighted by atomic mass is 16.2. The molecule has 1 saturated heterocycles. The van der Waals surface area contributed by atoms with Gasteiger partial charge in [-0.2, -0.15) is 0 Å². The number of nitrogens with zero attached hydrogens (tertiary/aromatic N) is 2. The van der Waals surface area contributed by atoms with Gasteiger partial charge in [-0.25, -0.2) is 4.98 Å². The van der Waals surface area contributed by atoms with Gasteiger partial charge in [0.05, 0.1) is 5.92 Å². The Morgan fingerprint density at radius 1 is 1.69 bits per heavy atom. The molecule has 0 aromatic carbocycles. The molecule has 0 bridgehead atoms. The van der Waals surface area contributed by atoms with E-state index in [4.69, 9.17) is 5.73 Å². The van der Waals surface area contributed by atoms with Crippen molar-refractivity contribution in [3.05, 3.63) is 18.2 Å². The number of rotatable bonds is 4. The molecular weight excluding hydrogens is 208 g/mol. The Morgan fingerprint density at radius 2 is 2.50 bits per heavy atom. The minimum Gasteiger partial charge on any atom is -0.369 e. The van der Waals surface area contributed by atoms with Gasteiger partial charge in [-0.3, -0.25) is 9.59 Å². The second kappa shape index (κ2) is 4.34. The second-order valence-electron chi connectivity index (χ2n) is 3.93. The highest BCUT2D eigenvalue weighted by Gasteiger charge is 2.32. The third-order valence-electron chi connectivity index (χ3n) is 2.79. The minimum atomic E-state index is -0.395. The highest BCUT2D eigenvalue weighted by molar-refractivity contribution is 5.88. The fourth-order valence-corrected chi connectivity index (χ4v) is 1.85. The zero-order chi connectivity index (χ0) is 11.5. The zero-order valence-electron chi connectivity index (χ0n) is 8.85. The lowest BCUT2D eigenvalue weighted by Gasteiger charge is -2.14. The molecule has 6 nitrogen and oxygen atoms in total. The van der Waals surface area contributed by atoms with Crippen molar-refractivity contribution in [2.75, 3.05) is 13.1 Å². The summed E-state index contributed by atoms with van der Waals surface area (Å²) in [6.07, 6.45) is 4.33. The predicted octanol–water partition coefficient (Wildman–Crippen LogP) is -0.714. The summed E-state index contributed by atoms with van der Waals surface area (Å²) in [6, 6.07) is 0. The lowest BCUT2D eigenvalue weighted by molar-refractivity contribution is -0.128. The van der Waals surface area contributed by atoms with Crippen LogP contribution in [0.3, 0.4) is 0 Å². The molecule has 1 aliphatic heterocycles. The molecule has 2 amide bonds. The van der Waals surface area contributed by atoms with E-state index in [1.54, 1.807) is 17.3 Å². The Labute approximate surface area is 92.8 Å². The van der Waals surface area contributed by atoms with E-state index in [2.05, 4.69) is 9.97 Å². The molecule has 1 unspecified atom stereocenters. The second-order valence-corrected chi connectivity index (χ2v) is 3.93. The molecule has 1 atom stereocenters. The summed E-state index contributed by atoms with van der Waals surface area (Å²) in [5.74, 6) is 0.114. The van der Waals surface area contributed by atoms with Gasteiger partial charge in [-0.15, -0.1) is 0 Å². The Hall–Kier alpha value is -1.85. The molecule has 86 valence electrons. The Kier molecular flexibility index (Phi) is 2.89. The quantitative estimate of drug-likeness (QED) is 0.704. The van der Waals surface area contributed by atoms with Crippen LogP contribution in [0, 0.1) is 5.92 Å². The maximum Gasteiger partial charge on any atom is 0.223 e. The summed E-state index contributed by atoms with van der Waals surface area (Å²) in [5.41, 5.74) is 5.18. The summed E-state index contributed by atoms with van der Waals surface area (Å²) < 4.78 is 0. The molecule has 2 heterocycles. The largest absolute Gasteiger partial charge is 0.369 e. The zero-order valence-corrected chi connectivity index (χ0v) is 8.85. The normalized spacial score (nSPS) is 20.4. The molecule has 6 heteroatoms. The molecule has 0 saturated carbocycles. The van der Waals surface area contributed by atoms with Crippen molar-refractivity contribution in [3.63, 3.8) is 0 Å². The van der Waals surface area contributed by atoms with E-state index in [1.165, 1.54) is 0 Å². The third-order valence-corrected chi connectivity index (χ3v) is 2.79. The van der Waals surface area contributed by atoms with E-state index in [0.717, 1.165) is 5.82 Å². The highest BCUT2D eigenvalue weighted by Crippen LogP contribution is 2.17. The molecular formula is C10H14N4O2. The number of H-pyrrole nitrogens is 1. The van der Waals surface area contributed by atoms with Gasteiger partial charge in [-0.05, 0) is 0 Å². The predicted molar refractivity (Wildman–Crippen MR) is 56.2 cm³/mol. The third kappa shape index (κ3) is 2.21. The molecule has 0 aliphatic carbocycles. The number of hydrogen-bond donors (Lipinski definition) is 2. The van der Waals surface area contributed by atoms with Crippen LogP contribution in [0.4, 0.5) is 0 Å². The van der Waals surface area contributed by atoms with Crippen molar-refractivity contribution in [1.82, 2.24) is 14.9 Å². The van der Waals surface area contributed by atoms with Gasteiger partial charge in [0.2, 0.25) is 11.8 Å². The molecule has 16 heavy (non-hydrogen) atoms. The molecule has 3 N–H and O–H groups in total. The maximum atomic E-state index is 11.5. The average Bonchev–Trinajstić information content (AvgIpc) is 2.84. The molecule has 0 spiro atoms. The monoisotopic (exact) mass is 222 g/mol. The number of carbonyl (C=O) groups is 2. The van der Waals surface area contributed by atoms with E-state index < -0.39 is 5.91 Å². The first-order valence-corrected chi connectivity index (χ1v) is 5.22. The van der Waals surface area contributed by atoms with Crippen LogP contribution in [0.25, 0.3) is 0 Å². The molecule has 2 rings (SSSR count). The summed E-state index contributed by atoms with van der Waals surface area (Å²) in [7, 11) is 0. The van der Waals surface area contributed by atoms with Crippen LogP contribution in [0.2, 0.25) is 0 Å². The number of aromatic amines is 1. The molecule has 1 aliphatic rings. The fourth-order valence-electron chi connectivity index (χ4n) is 1.85. The van der Waals surface area contributed by atoms with Gasteiger partial charge < -0.3 is 15.6 Å². The first-order chi connectivity index (χ1) is 7.66. The number of primary amides is 1. The van der Waals surface area contributed by atoms with Gasteiger partial charge in [0.1, 0.15) is 5.82 Å². The number of nitrogens with two attached hydrogens (primary N) is 1. The lowest BCUT2D eigenvalue weighted by Crippen LogP contribution is -2.30. The van der Waals surface area contributed by atoms with Crippen molar-refractivity contribution in [1.29, 1.82) is 0 Å². The van der Waals surface area contributed by atoms with Crippen LogP contribution >= 0.6 is 0 Å². The summed E-state index contributed by atoms with van der Waals surface area (Å²) in [6.45, 7) is 1.02. The topological polar surface area (TPSA) is 92.1 Å². The minimum absolute atomic E-state index is 0.00430. The van der Waals surface area contributed by atoms with E-state index in [0.29, 0.717) is 19.5 Å². The van der Waals surface area contributed by atoms with E-state index in [9.17, 15) is 9.59 Å². The lowest BCUT2D eigenvalue weighted by atomic mass is 10.1. The van der Waals surface area contributed by atoms with Crippen LogP contribution in [-0.4, -0.2) is 39.8 Å². The standard InChI is InChI=1S/C10H14N4O2/c11-10(16)7-5-9(15)14(6-7)4-1-8-12-2-3-13-8/h2-3,7H,1,4-6H2,(H2,11,16)(H,12,13). The summed E-state index contributed by atoms with van der Waals surface area (Å²) in [5, 5.41) is 0. The van der Waals surface area contributed by atoms with Crippen LogP contribution in [0.5, 0.6) is 0 Å². The molecule has 1 fully saturated rings. The summed E-state index contributed by atoms with van der Waals surface area (Å²) >= 11 is 0. The Balaban J connectivity index is 1.87. The number of hydrogen-bond acceptors (Lipinski definition) is 3. The van der Waals surface area contributed by atoms with Gasteiger partial charge in [0.25, 0.3) is 0 Å². The van der Waals surface area contributed by atoms with E-state index >= 15 is 0 Å². The first-order valence-electron chi connectivity index (χ1n) is 5.22. The van der Waals surface area contributed by atoms with Crippen LogP contribution in [0.15, 0.2) is 12.4 Å². The summed E-state index contributed by atoms with van der Waals surface area (Å²) in [4.78, 5) is 31.2. The smallest absolute Gasteiger partial charge is 0.223 e. The van der Waals surface area contributed by atoms with Gasteiger partial charge in [-0.1, -0.05) is 0 Å².